The molecule has 0 aromatic carbocycles. The maximum absolute atomic E-state index is 14.2. The predicted octanol–water partition coefficient (Wildman–Crippen LogP) is 8.02. The normalized spacial score (nSPS) is 39.9. The van der Waals surface area contributed by atoms with Gasteiger partial charge in [0.1, 0.15) is 6.10 Å². The molecule has 1 saturated heterocycles. The lowest BCUT2D eigenvalue weighted by molar-refractivity contribution is -0.235. The third-order valence-corrected chi connectivity index (χ3v) is 17.1. The average molecular weight is 754 g/mol. The number of carbonyl (C=O) groups excluding carboxylic acids is 3. The van der Waals surface area contributed by atoms with E-state index in [9.17, 15) is 29.4 Å². The summed E-state index contributed by atoms with van der Waals surface area (Å²) in [5.41, 5.74) is 0.293. The number of aliphatic hydroxyl groups excluding tert-OH is 1. The zero-order chi connectivity index (χ0) is 39.8. The molecule has 304 valence electrons. The molecule has 1 aliphatic heterocycles. The molecule has 9 heteroatoms. The van der Waals surface area contributed by atoms with Crippen molar-refractivity contribution in [1.29, 1.82) is 0 Å². The van der Waals surface area contributed by atoms with Gasteiger partial charge in [0.15, 0.2) is 5.78 Å². The number of rotatable bonds is 10. The second-order valence-electron chi connectivity index (χ2n) is 20.9. The van der Waals surface area contributed by atoms with Crippen LogP contribution in [0.2, 0.25) is 0 Å². The first-order chi connectivity index (χ1) is 25.1. The number of esters is 2. The molecule has 0 amide bonds. The first kappa shape index (κ1) is 41.4. The minimum absolute atomic E-state index is 0.0316. The number of hydrogen-bond donors (Lipinski definition) is 2. The summed E-state index contributed by atoms with van der Waals surface area (Å²) in [6.07, 6.45) is 8.69. The number of aliphatic carboxylic acids is 1. The third-order valence-electron chi connectivity index (χ3n) is 17.1. The molecular formula is C45H71NO8. The number of carboxylic acid groups (broad SMARTS) is 1. The number of Topliss-reactive ketones (excluding diaryl/α,β-unsaturated/α-hetero) is 1. The number of carbonyl (C=O) groups is 4. The zero-order valence-corrected chi connectivity index (χ0v) is 35.1. The van der Waals surface area contributed by atoms with Gasteiger partial charge in [-0.1, -0.05) is 54.0 Å². The molecule has 0 aromatic rings. The molecule has 0 spiro atoms. The topological polar surface area (TPSA) is 130 Å². The van der Waals surface area contributed by atoms with Gasteiger partial charge >= 0.3 is 17.9 Å². The highest BCUT2D eigenvalue weighted by molar-refractivity contribution is 6.00. The van der Waals surface area contributed by atoms with Crippen molar-refractivity contribution in [3.8, 4) is 0 Å². The Bertz CT molecular complexity index is 1550. The quantitative estimate of drug-likeness (QED) is 0.213. The van der Waals surface area contributed by atoms with Gasteiger partial charge in [-0.2, -0.15) is 0 Å². The highest BCUT2D eigenvalue weighted by Gasteiger charge is 2.71. The van der Waals surface area contributed by atoms with Crippen LogP contribution in [-0.2, 0) is 28.7 Å². The number of fused-ring (bicyclic) bond motifs is 7. The van der Waals surface area contributed by atoms with Crippen molar-refractivity contribution in [1.82, 2.24) is 4.90 Å². The molecule has 0 radical (unpaired) electrons. The fourth-order valence-corrected chi connectivity index (χ4v) is 14.0. The number of carboxylic acids is 1. The fourth-order valence-electron chi connectivity index (χ4n) is 14.0. The lowest BCUT2D eigenvalue weighted by Gasteiger charge is -2.72. The molecule has 10 atom stereocenters. The zero-order valence-electron chi connectivity index (χ0n) is 35.1. The number of aliphatic hydroxyl groups is 1. The summed E-state index contributed by atoms with van der Waals surface area (Å²) in [7, 11) is 0. The maximum Gasteiger partial charge on any atom is 0.310 e. The van der Waals surface area contributed by atoms with Gasteiger partial charge in [0, 0.05) is 30.3 Å². The summed E-state index contributed by atoms with van der Waals surface area (Å²) in [6, 6.07) is 0. The summed E-state index contributed by atoms with van der Waals surface area (Å²) in [4.78, 5) is 54.0. The molecule has 6 aliphatic rings. The summed E-state index contributed by atoms with van der Waals surface area (Å²) in [5.74, 6) is -0.384. The average Bonchev–Trinajstić information content (AvgIpc) is 3.39. The third kappa shape index (κ3) is 6.41. The van der Waals surface area contributed by atoms with Crippen LogP contribution in [-0.4, -0.2) is 77.3 Å². The lowest BCUT2D eigenvalue weighted by Crippen LogP contribution is -2.66. The molecular weight excluding hydrogens is 682 g/mol. The summed E-state index contributed by atoms with van der Waals surface area (Å²) >= 11 is 0. The van der Waals surface area contributed by atoms with E-state index in [4.69, 9.17) is 9.47 Å². The van der Waals surface area contributed by atoms with Crippen molar-refractivity contribution >= 4 is 23.7 Å². The smallest absolute Gasteiger partial charge is 0.310 e. The number of allylic oxidation sites excluding steroid dienone is 1. The maximum atomic E-state index is 14.2. The molecule has 2 N–H and O–H groups in total. The summed E-state index contributed by atoms with van der Waals surface area (Å²) in [5, 5.41) is 22.0. The van der Waals surface area contributed by atoms with Gasteiger partial charge in [0.25, 0.3) is 0 Å². The summed E-state index contributed by atoms with van der Waals surface area (Å²) < 4.78 is 11.5. The number of likely N-dealkylation sites (tertiary alicyclic amines) is 1. The van der Waals surface area contributed by atoms with Crippen molar-refractivity contribution in [2.24, 2.45) is 62.1 Å². The van der Waals surface area contributed by atoms with Gasteiger partial charge in [0.2, 0.25) is 0 Å². The van der Waals surface area contributed by atoms with E-state index in [1.54, 1.807) is 13.8 Å². The largest absolute Gasteiger partial charge is 0.481 e. The number of ketones is 1. The Morgan fingerprint density at radius 3 is 2.28 bits per heavy atom. The van der Waals surface area contributed by atoms with Gasteiger partial charge < -0.3 is 19.7 Å². The standard InChI is InChI=1S/C45H71NO8/c1-11-53-38(50)28-13-12-22-46(25-28)26-33(48)45-21-20-43(9)29(37(45)36(27(2)3)30(47)23-45)14-15-32-42(8)18-17-34(54-35(49)24-40(4,5)39(51)52)41(6,7)31(42)16-19-44(32,43)10/h27-29,31-34,48H,11-26H2,1-10H3,(H,51,52). The van der Waals surface area contributed by atoms with Crippen molar-refractivity contribution < 1.29 is 38.9 Å². The van der Waals surface area contributed by atoms with Gasteiger partial charge in [-0.15, -0.1) is 0 Å². The lowest BCUT2D eigenvalue weighted by atomic mass is 9.33. The van der Waals surface area contributed by atoms with Crippen molar-refractivity contribution in [2.45, 2.75) is 158 Å². The first-order valence-electron chi connectivity index (χ1n) is 21.4. The van der Waals surface area contributed by atoms with E-state index in [1.165, 1.54) is 5.57 Å². The van der Waals surface area contributed by atoms with Crippen LogP contribution < -0.4 is 0 Å². The molecule has 5 aliphatic carbocycles. The number of β-amino-alcohol motifs (C(OH)–C–C–N with tert-alkyl or cyclic N) is 1. The molecule has 10 unspecified atom stereocenters. The van der Waals surface area contributed by atoms with E-state index in [0.717, 1.165) is 76.3 Å². The Hall–Kier alpha value is -2.26. The predicted molar refractivity (Wildman–Crippen MR) is 207 cm³/mol. The van der Waals surface area contributed by atoms with E-state index in [1.807, 2.05) is 6.92 Å². The van der Waals surface area contributed by atoms with E-state index in [2.05, 4.69) is 53.4 Å². The minimum Gasteiger partial charge on any atom is -0.481 e. The Kier molecular flexibility index (Phi) is 10.9. The second-order valence-corrected chi connectivity index (χ2v) is 20.9. The number of ether oxygens (including phenoxy) is 2. The van der Waals surface area contributed by atoms with Crippen molar-refractivity contribution in [3.05, 3.63) is 11.1 Å². The SMILES string of the molecule is CCOC(=O)C1CCCN(CC(O)C23CCC4(C)C(CCC5C6(C)CCC(OC(=O)CC(C)(C)C(=O)O)C(C)(C)C6CCC54C)C2=C(C(C)C)C(=O)C3)C1. The van der Waals surface area contributed by atoms with Crippen LogP contribution in [0.3, 0.4) is 0 Å². The molecule has 54 heavy (non-hydrogen) atoms. The van der Waals surface area contributed by atoms with E-state index < -0.39 is 28.9 Å². The van der Waals surface area contributed by atoms with Crippen LogP contribution in [0.25, 0.3) is 0 Å². The number of piperidine rings is 1. The fraction of sp³-hybridized carbons (Fsp3) is 0.867. The van der Waals surface area contributed by atoms with Crippen LogP contribution >= 0.6 is 0 Å². The van der Waals surface area contributed by atoms with E-state index in [0.29, 0.717) is 38.0 Å². The molecule has 5 fully saturated rings. The highest BCUT2D eigenvalue weighted by Crippen LogP contribution is 2.77. The van der Waals surface area contributed by atoms with Gasteiger partial charge in [-0.25, -0.2) is 0 Å². The van der Waals surface area contributed by atoms with Crippen LogP contribution in [0.15, 0.2) is 11.1 Å². The Morgan fingerprint density at radius 2 is 1.63 bits per heavy atom. The summed E-state index contributed by atoms with van der Waals surface area (Å²) in [6.45, 7) is 23.7. The molecule has 6 rings (SSSR count). The number of hydrogen-bond acceptors (Lipinski definition) is 8. The number of nitrogens with zero attached hydrogens (tertiary/aromatic N) is 1. The van der Waals surface area contributed by atoms with Crippen LogP contribution in [0, 0.1) is 62.1 Å². The second kappa shape index (κ2) is 14.3. The van der Waals surface area contributed by atoms with Crippen LogP contribution in [0.1, 0.15) is 146 Å². The monoisotopic (exact) mass is 754 g/mol. The molecule has 1 heterocycles. The Labute approximate surface area is 324 Å². The van der Waals surface area contributed by atoms with Crippen molar-refractivity contribution in [3.63, 3.8) is 0 Å². The van der Waals surface area contributed by atoms with Gasteiger partial charge in [-0.3, -0.25) is 24.1 Å². The van der Waals surface area contributed by atoms with E-state index in [-0.39, 0.29) is 63.7 Å². The minimum atomic E-state index is -1.17. The molecule has 0 bridgehead atoms. The van der Waals surface area contributed by atoms with Crippen LogP contribution in [0.4, 0.5) is 0 Å². The van der Waals surface area contributed by atoms with Gasteiger partial charge in [0.05, 0.1) is 30.5 Å². The Morgan fingerprint density at radius 1 is 0.926 bits per heavy atom. The van der Waals surface area contributed by atoms with Crippen molar-refractivity contribution in [2.75, 3.05) is 26.2 Å². The van der Waals surface area contributed by atoms with Gasteiger partial charge in [-0.05, 0) is 137 Å². The Balaban J connectivity index is 1.26. The first-order valence-corrected chi connectivity index (χ1v) is 21.4. The highest BCUT2D eigenvalue weighted by atomic mass is 16.5. The molecule has 4 saturated carbocycles. The van der Waals surface area contributed by atoms with Crippen LogP contribution in [0.5, 0.6) is 0 Å². The molecule has 9 nitrogen and oxygen atoms in total. The van der Waals surface area contributed by atoms with E-state index >= 15 is 0 Å². The molecule has 0 aromatic heterocycles.